The van der Waals surface area contributed by atoms with Gasteiger partial charge in [0.1, 0.15) is 12.4 Å². The van der Waals surface area contributed by atoms with Gasteiger partial charge >= 0.3 is 5.97 Å². The molecule has 0 saturated carbocycles. The number of carbonyl (C=O) groups excluding carboxylic acids is 2. The van der Waals surface area contributed by atoms with Crippen molar-refractivity contribution in [2.45, 2.75) is 38.4 Å². The second-order valence-electron chi connectivity index (χ2n) is 5.14. The zero-order valence-electron chi connectivity index (χ0n) is 11.0. The molecule has 1 heterocycles. The molecule has 1 fully saturated rings. The Bertz CT molecular complexity index is 473. The molecule has 19 heavy (non-hydrogen) atoms. The lowest BCUT2D eigenvalue weighted by molar-refractivity contribution is -0.139. The van der Waals surface area contributed by atoms with E-state index in [1.165, 1.54) is 6.08 Å². The molecule has 0 aromatic rings. The topological polar surface area (TPSA) is 63.6 Å². The van der Waals surface area contributed by atoms with Crippen LogP contribution in [0.1, 0.15) is 26.2 Å². The Balaban J connectivity index is 2.35. The highest BCUT2D eigenvalue weighted by Gasteiger charge is 2.42. The summed E-state index contributed by atoms with van der Waals surface area (Å²) in [7, 11) is 0. The number of esters is 1. The Labute approximate surface area is 112 Å². The number of aldehydes is 1. The van der Waals surface area contributed by atoms with Crippen LogP contribution < -0.4 is 0 Å². The number of rotatable bonds is 1. The Morgan fingerprint density at radius 2 is 2.26 bits per heavy atom. The third kappa shape index (κ3) is 2.84. The first-order valence-electron chi connectivity index (χ1n) is 6.42. The molecule has 102 valence electrons. The van der Waals surface area contributed by atoms with Crippen molar-refractivity contribution in [2.24, 2.45) is 5.92 Å². The van der Waals surface area contributed by atoms with Crippen molar-refractivity contribution < 1.29 is 19.4 Å². The number of hydrogen-bond acceptors (Lipinski definition) is 4. The smallest absolute Gasteiger partial charge is 0.334 e. The molecular formula is C15H18O4. The molecule has 2 aliphatic rings. The van der Waals surface area contributed by atoms with E-state index in [-0.39, 0.29) is 5.57 Å². The van der Waals surface area contributed by atoms with Gasteiger partial charge in [0, 0.05) is 12.0 Å². The van der Waals surface area contributed by atoms with Gasteiger partial charge in [0.05, 0.1) is 12.0 Å². The summed E-state index contributed by atoms with van der Waals surface area (Å²) in [6.07, 6.45) is 4.95. The number of fused-ring (bicyclic) bond motifs is 1. The summed E-state index contributed by atoms with van der Waals surface area (Å²) in [5.41, 5.74) is 1.92. The number of ether oxygens (including phenoxy) is 1. The third-order valence-electron chi connectivity index (χ3n) is 3.68. The van der Waals surface area contributed by atoms with E-state index in [1.54, 1.807) is 0 Å². The van der Waals surface area contributed by atoms with E-state index in [1.807, 2.05) is 13.0 Å². The van der Waals surface area contributed by atoms with Gasteiger partial charge in [0.25, 0.3) is 0 Å². The summed E-state index contributed by atoms with van der Waals surface area (Å²) >= 11 is 0. The van der Waals surface area contributed by atoms with Crippen LogP contribution in [-0.4, -0.2) is 29.6 Å². The van der Waals surface area contributed by atoms with Crippen LogP contribution >= 0.6 is 0 Å². The second kappa shape index (κ2) is 5.53. The summed E-state index contributed by atoms with van der Waals surface area (Å²) in [5, 5.41) is 10.2. The van der Waals surface area contributed by atoms with Gasteiger partial charge in [-0.15, -0.1) is 0 Å². The SMILES string of the molecule is C=C1C(=O)O[C@@H]2C/C(C)=C/CC/C(C=O)=C/[C@@H](O)[C@@H]12. The maximum absolute atomic E-state index is 11.6. The molecule has 0 aromatic heterocycles. The van der Waals surface area contributed by atoms with Crippen molar-refractivity contribution in [1.82, 2.24) is 0 Å². The van der Waals surface area contributed by atoms with Crippen molar-refractivity contribution in [1.29, 1.82) is 0 Å². The second-order valence-corrected chi connectivity index (χ2v) is 5.14. The summed E-state index contributed by atoms with van der Waals surface area (Å²) in [6.45, 7) is 5.66. The monoisotopic (exact) mass is 262 g/mol. The minimum absolute atomic E-state index is 0.285. The van der Waals surface area contributed by atoms with Gasteiger partial charge < -0.3 is 9.84 Å². The Kier molecular flexibility index (Phi) is 4.00. The van der Waals surface area contributed by atoms with Crippen molar-refractivity contribution in [3.63, 3.8) is 0 Å². The first-order valence-corrected chi connectivity index (χ1v) is 6.42. The molecule has 1 aliphatic carbocycles. The predicted molar refractivity (Wildman–Crippen MR) is 70.3 cm³/mol. The lowest BCUT2D eigenvalue weighted by Gasteiger charge is -2.22. The van der Waals surface area contributed by atoms with Crippen molar-refractivity contribution >= 4 is 12.3 Å². The molecular weight excluding hydrogens is 244 g/mol. The van der Waals surface area contributed by atoms with Gasteiger partial charge in [0.15, 0.2) is 0 Å². The van der Waals surface area contributed by atoms with Gasteiger partial charge in [-0.05, 0) is 31.4 Å². The molecule has 1 N–H and O–H groups in total. The molecule has 0 radical (unpaired) electrons. The lowest BCUT2D eigenvalue weighted by atomic mass is 9.86. The van der Waals surface area contributed by atoms with Crippen LogP contribution in [0, 0.1) is 5.92 Å². The summed E-state index contributed by atoms with van der Waals surface area (Å²) in [6, 6.07) is 0. The third-order valence-corrected chi connectivity index (χ3v) is 3.68. The maximum atomic E-state index is 11.6. The van der Waals surface area contributed by atoms with Crippen LogP contribution in [0.2, 0.25) is 0 Å². The van der Waals surface area contributed by atoms with E-state index >= 15 is 0 Å². The molecule has 4 heteroatoms. The fraction of sp³-hybridized carbons (Fsp3) is 0.467. The molecule has 0 spiro atoms. The van der Waals surface area contributed by atoms with Gasteiger partial charge in [-0.2, -0.15) is 0 Å². The average Bonchev–Trinajstić information content (AvgIpc) is 2.63. The molecule has 0 amide bonds. The van der Waals surface area contributed by atoms with E-state index in [4.69, 9.17) is 4.74 Å². The molecule has 3 atom stereocenters. The molecule has 0 aromatic carbocycles. The van der Waals surface area contributed by atoms with Crippen LogP contribution in [-0.2, 0) is 14.3 Å². The van der Waals surface area contributed by atoms with Gasteiger partial charge in [0.2, 0.25) is 0 Å². The van der Waals surface area contributed by atoms with Crippen LogP contribution in [0.5, 0.6) is 0 Å². The fourth-order valence-corrected chi connectivity index (χ4v) is 2.63. The highest BCUT2D eigenvalue weighted by Crippen LogP contribution is 2.34. The Morgan fingerprint density at radius 1 is 1.53 bits per heavy atom. The fourth-order valence-electron chi connectivity index (χ4n) is 2.63. The maximum Gasteiger partial charge on any atom is 0.334 e. The van der Waals surface area contributed by atoms with E-state index in [0.29, 0.717) is 18.4 Å². The zero-order valence-corrected chi connectivity index (χ0v) is 11.0. The van der Waals surface area contributed by atoms with Crippen LogP contribution in [0.25, 0.3) is 0 Å². The number of aliphatic hydroxyl groups excluding tert-OH is 1. The first kappa shape index (κ1) is 13.7. The largest absolute Gasteiger partial charge is 0.458 e. The molecule has 4 nitrogen and oxygen atoms in total. The van der Waals surface area contributed by atoms with Gasteiger partial charge in [-0.3, -0.25) is 4.79 Å². The number of allylic oxidation sites excluding steroid dienone is 2. The molecule has 2 rings (SSSR count). The molecule has 1 saturated heterocycles. The number of aliphatic hydroxyl groups is 1. The quantitative estimate of drug-likeness (QED) is 0.338. The van der Waals surface area contributed by atoms with Crippen molar-refractivity contribution in [3.05, 3.63) is 35.5 Å². The van der Waals surface area contributed by atoms with Crippen LogP contribution in [0.3, 0.4) is 0 Å². The molecule has 0 bridgehead atoms. The number of carbonyl (C=O) groups is 2. The first-order chi connectivity index (χ1) is 9.02. The van der Waals surface area contributed by atoms with E-state index in [0.717, 1.165) is 18.3 Å². The van der Waals surface area contributed by atoms with E-state index in [2.05, 4.69) is 6.58 Å². The van der Waals surface area contributed by atoms with E-state index < -0.39 is 24.1 Å². The molecule has 1 aliphatic heterocycles. The predicted octanol–water partition coefficient (Wildman–Crippen LogP) is 1.70. The summed E-state index contributed by atoms with van der Waals surface area (Å²) in [4.78, 5) is 22.6. The van der Waals surface area contributed by atoms with Crippen molar-refractivity contribution in [3.8, 4) is 0 Å². The normalized spacial score (nSPS) is 37.5. The minimum atomic E-state index is -0.907. The lowest BCUT2D eigenvalue weighted by Crippen LogP contribution is -2.28. The van der Waals surface area contributed by atoms with Crippen LogP contribution in [0.4, 0.5) is 0 Å². The highest BCUT2D eigenvalue weighted by atomic mass is 16.6. The van der Waals surface area contributed by atoms with Gasteiger partial charge in [-0.1, -0.05) is 18.2 Å². The number of hydrogen-bond donors (Lipinski definition) is 1. The Hall–Kier alpha value is -1.68. The van der Waals surface area contributed by atoms with Crippen LogP contribution in [0.15, 0.2) is 35.5 Å². The van der Waals surface area contributed by atoms with Crippen molar-refractivity contribution in [2.75, 3.05) is 0 Å². The summed E-state index contributed by atoms with van der Waals surface area (Å²) in [5.74, 6) is -0.925. The summed E-state index contributed by atoms with van der Waals surface area (Å²) < 4.78 is 5.26. The molecule has 0 unspecified atom stereocenters. The zero-order chi connectivity index (χ0) is 14.0. The van der Waals surface area contributed by atoms with E-state index in [9.17, 15) is 14.7 Å². The highest BCUT2D eigenvalue weighted by molar-refractivity contribution is 5.91. The Morgan fingerprint density at radius 3 is 2.95 bits per heavy atom. The average molecular weight is 262 g/mol. The van der Waals surface area contributed by atoms with Gasteiger partial charge in [-0.25, -0.2) is 4.79 Å². The standard InChI is InChI=1S/C15H18O4/c1-9-4-3-5-11(8-16)7-12(17)14-10(2)15(18)19-13(14)6-9/h4,7-8,12-14,17H,2-3,5-6H2,1H3/b9-4+,11-7-/t12-,13-,14-/m1/s1. The minimum Gasteiger partial charge on any atom is -0.458 e.